The maximum Gasteiger partial charge on any atom is 0.323 e. The molecule has 6 heteroatoms. The van der Waals surface area contributed by atoms with Gasteiger partial charge < -0.3 is 15.4 Å². The van der Waals surface area contributed by atoms with E-state index in [0.717, 1.165) is 19.5 Å². The normalized spacial score (nSPS) is 13.4. The number of carbonyl (C=O) groups is 1. The van der Waals surface area contributed by atoms with Crippen LogP contribution in [0.4, 0.5) is 16.3 Å². The predicted molar refractivity (Wildman–Crippen MR) is 80.4 cm³/mol. The van der Waals surface area contributed by atoms with Gasteiger partial charge in [0.2, 0.25) is 0 Å². The van der Waals surface area contributed by atoms with Crippen LogP contribution in [0.3, 0.4) is 0 Å². The molecule has 1 aliphatic heterocycles. The number of ether oxygens (including phenoxy) is 1. The molecule has 0 atom stereocenters. The average molecular weight is 284 g/mol. The smallest absolute Gasteiger partial charge is 0.323 e. The lowest BCUT2D eigenvalue weighted by Gasteiger charge is -2.30. The van der Waals surface area contributed by atoms with Crippen molar-refractivity contribution in [3.05, 3.63) is 42.6 Å². The molecular formula is C15H16N4O2. The third kappa shape index (κ3) is 3.22. The average Bonchev–Trinajstić information content (AvgIpc) is 2.40. The lowest BCUT2D eigenvalue weighted by atomic mass is 10.2. The summed E-state index contributed by atoms with van der Waals surface area (Å²) < 4.78 is 5.70. The monoisotopic (exact) mass is 284 g/mol. The minimum absolute atomic E-state index is 0.126. The third-order valence-electron chi connectivity index (χ3n) is 3.23. The zero-order chi connectivity index (χ0) is 14.7. The number of nitrogens with two attached hydrogens (primary N) is 1. The van der Waals surface area contributed by atoms with Crippen LogP contribution in [-0.4, -0.2) is 29.0 Å². The second-order valence-corrected chi connectivity index (χ2v) is 4.82. The first-order valence-corrected chi connectivity index (χ1v) is 6.76. The standard InChI is InChI=1S/C15H16N4O2/c16-11-2-4-12(5-3-11)21-13-6-7-17-14(10-13)18-15(20)19-8-1-9-19/h2-7,10H,1,8-9,16H2,(H,17,18,20). The number of carbonyl (C=O) groups excluding carboxylic acids is 1. The van der Waals surface area contributed by atoms with E-state index in [4.69, 9.17) is 10.5 Å². The van der Waals surface area contributed by atoms with E-state index < -0.39 is 0 Å². The molecule has 2 heterocycles. The molecule has 1 saturated heterocycles. The summed E-state index contributed by atoms with van der Waals surface area (Å²) in [4.78, 5) is 17.7. The number of hydrogen-bond donors (Lipinski definition) is 2. The lowest BCUT2D eigenvalue weighted by molar-refractivity contribution is 0.181. The fourth-order valence-electron chi connectivity index (χ4n) is 1.92. The highest BCUT2D eigenvalue weighted by atomic mass is 16.5. The zero-order valence-corrected chi connectivity index (χ0v) is 11.5. The highest BCUT2D eigenvalue weighted by molar-refractivity contribution is 5.88. The van der Waals surface area contributed by atoms with Crippen molar-refractivity contribution in [1.29, 1.82) is 0 Å². The Hall–Kier alpha value is -2.76. The van der Waals surface area contributed by atoms with Crippen LogP contribution < -0.4 is 15.8 Å². The Kier molecular flexibility index (Phi) is 3.59. The molecule has 0 radical (unpaired) electrons. The molecule has 3 N–H and O–H groups in total. The lowest BCUT2D eigenvalue weighted by Crippen LogP contribution is -2.44. The fourth-order valence-corrected chi connectivity index (χ4v) is 1.92. The van der Waals surface area contributed by atoms with Crippen LogP contribution in [-0.2, 0) is 0 Å². The molecule has 0 spiro atoms. The molecule has 2 aromatic rings. The molecule has 0 unspecified atom stereocenters. The summed E-state index contributed by atoms with van der Waals surface area (Å²) in [6.45, 7) is 1.60. The van der Waals surface area contributed by atoms with Crippen LogP contribution in [0.25, 0.3) is 0 Å². The fraction of sp³-hybridized carbons (Fsp3) is 0.200. The number of amides is 2. The Morgan fingerprint density at radius 1 is 1.19 bits per heavy atom. The number of anilines is 2. The van der Waals surface area contributed by atoms with Gasteiger partial charge in [0.15, 0.2) is 0 Å². The first-order chi connectivity index (χ1) is 10.2. The molecule has 1 aromatic carbocycles. The van der Waals surface area contributed by atoms with Crippen LogP contribution in [0.2, 0.25) is 0 Å². The summed E-state index contributed by atoms with van der Waals surface area (Å²) in [5.41, 5.74) is 6.31. The van der Waals surface area contributed by atoms with Gasteiger partial charge in [0.05, 0.1) is 0 Å². The maximum absolute atomic E-state index is 11.8. The van der Waals surface area contributed by atoms with E-state index in [9.17, 15) is 4.79 Å². The first-order valence-electron chi connectivity index (χ1n) is 6.76. The molecule has 1 aliphatic rings. The summed E-state index contributed by atoms with van der Waals surface area (Å²) in [6, 6.07) is 10.4. The van der Waals surface area contributed by atoms with Crippen molar-refractivity contribution < 1.29 is 9.53 Å². The van der Waals surface area contributed by atoms with Crippen LogP contribution in [0.5, 0.6) is 11.5 Å². The largest absolute Gasteiger partial charge is 0.457 e. The van der Waals surface area contributed by atoms with E-state index in [-0.39, 0.29) is 6.03 Å². The van der Waals surface area contributed by atoms with Gasteiger partial charge in [-0.1, -0.05) is 0 Å². The number of rotatable bonds is 3. The van der Waals surface area contributed by atoms with E-state index in [1.165, 1.54) is 0 Å². The minimum Gasteiger partial charge on any atom is -0.457 e. The molecule has 108 valence electrons. The van der Waals surface area contributed by atoms with Gasteiger partial charge in [0.1, 0.15) is 17.3 Å². The number of nitrogens with one attached hydrogen (secondary N) is 1. The molecule has 0 bridgehead atoms. The molecule has 6 nitrogen and oxygen atoms in total. The Bertz CT molecular complexity index is 638. The number of nitrogen functional groups attached to an aromatic ring is 1. The van der Waals surface area contributed by atoms with Crippen molar-refractivity contribution in [2.24, 2.45) is 0 Å². The highest BCUT2D eigenvalue weighted by Gasteiger charge is 2.20. The zero-order valence-electron chi connectivity index (χ0n) is 11.5. The Labute approximate surface area is 122 Å². The minimum atomic E-state index is -0.126. The van der Waals surface area contributed by atoms with E-state index in [1.54, 1.807) is 47.5 Å². The highest BCUT2D eigenvalue weighted by Crippen LogP contribution is 2.23. The number of aromatic nitrogens is 1. The van der Waals surface area contributed by atoms with Gasteiger partial charge in [0, 0.05) is 31.0 Å². The number of nitrogens with zero attached hydrogens (tertiary/aromatic N) is 2. The molecule has 0 saturated carbocycles. The van der Waals surface area contributed by atoms with E-state index in [0.29, 0.717) is 23.0 Å². The van der Waals surface area contributed by atoms with Crippen LogP contribution in [0.1, 0.15) is 6.42 Å². The molecule has 3 rings (SSSR count). The van der Waals surface area contributed by atoms with Gasteiger partial charge in [-0.05, 0) is 36.8 Å². The van der Waals surface area contributed by atoms with Crippen molar-refractivity contribution in [2.45, 2.75) is 6.42 Å². The number of likely N-dealkylation sites (tertiary alicyclic amines) is 1. The molecule has 1 aromatic heterocycles. The van der Waals surface area contributed by atoms with Gasteiger partial charge in [0.25, 0.3) is 0 Å². The molecular weight excluding hydrogens is 268 g/mol. The first kappa shape index (κ1) is 13.2. The van der Waals surface area contributed by atoms with E-state index in [1.807, 2.05) is 0 Å². The summed E-state index contributed by atoms with van der Waals surface area (Å²) >= 11 is 0. The van der Waals surface area contributed by atoms with Crippen LogP contribution in [0.15, 0.2) is 42.6 Å². The molecule has 2 amide bonds. The Morgan fingerprint density at radius 2 is 1.95 bits per heavy atom. The second-order valence-electron chi connectivity index (χ2n) is 4.82. The maximum atomic E-state index is 11.8. The SMILES string of the molecule is Nc1ccc(Oc2ccnc(NC(=O)N3CCC3)c2)cc1. The summed E-state index contributed by atoms with van der Waals surface area (Å²) in [5.74, 6) is 1.75. The van der Waals surface area contributed by atoms with Gasteiger partial charge in [-0.2, -0.15) is 0 Å². The van der Waals surface area contributed by atoms with Gasteiger partial charge >= 0.3 is 6.03 Å². The van der Waals surface area contributed by atoms with Crippen molar-refractivity contribution in [2.75, 3.05) is 24.1 Å². The number of benzene rings is 1. The van der Waals surface area contributed by atoms with Crippen LogP contribution >= 0.6 is 0 Å². The topological polar surface area (TPSA) is 80.5 Å². The summed E-state index contributed by atoms with van der Waals surface area (Å²) in [7, 11) is 0. The van der Waals surface area contributed by atoms with Gasteiger partial charge in [-0.3, -0.25) is 5.32 Å². The van der Waals surface area contributed by atoms with Crippen molar-refractivity contribution in [3.8, 4) is 11.5 Å². The Balaban J connectivity index is 1.67. The quantitative estimate of drug-likeness (QED) is 0.849. The number of pyridine rings is 1. The molecule has 21 heavy (non-hydrogen) atoms. The summed E-state index contributed by atoms with van der Waals surface area (Å²) in [5, 5.41) is 2.76. The van der Waals surface area contributed by atoms with E-state index >= 15 is 0 Å². The Morgan fingerprint density at radius 3 is 2.62 bits per heavy atom. The summed E-state index contributed by atoms with van der Waals surface area (Å²) in [6.07, 6.45) is 2.65. The number of hydrogen-bond acceptors (Lipinski definition) is 4. The van der Waals surface area contributed by atoms with Crippen molar-refractivity contribution in [3.63, 3.8) is 0 Å². The third-order valence-corrected chi connectivity index (χ3v) is 3.23. The van der Waals surface area contributed by atoms with Crippen LogP contribution in [0, 0.1) is 0 Å². The van der Waals surface area contributed by atoms with Crippen molar-refractivity contribution in [1.82, 2.24) is 9.88 Å². The molecule has 0 aliphatic carbocycles. The second kappa shape index (κ2) is 5.70. The number of urea groups is 1. The molecule has 1 fully saturated rings. The van der Waals surface area contributed by atoms with Gasteiger partial charge in [-0.15, -0.1) is 0 Å². The van der Waals surface area contributed by atoms with E-state index in [2.05, 4.69) is 10.3 Å². The predicted octanol–water partition coefficient (Wildman–Crippen LogP) is 2.69. The van der Waals surface area contributed by atoms with Crippen molar-refractivity contribution >= 4 is 17.5 Å². The van der Waals surface area contributed by atoms with Gasteiger partial charge in [-0.25, -0.2) is 9.78 Å².